The molecule has 1 aliphatic heterocycles. The summed E-state index contributed by atoms with van der Waals surface area (Å²) in [6, 6.07) is 10.3. The predicted octanol–water partition coefficient (Wildman–Crippen LogP) is 1.85. The minimum absolute atomic E-state index is 0.133. The van der Waals surface area contributed by atoms with Crippen LogP contribution in [0, 0.1) is 11.3 Å². The van der Waals surface area contributed by atoms with Crippen LogP contribution in [0.3, 0.4) is 0 Å². The lowest BCUT2D eigenvalue weighted by Crippen LogP contribution is -2.36. The van der Waals surface area contributed by atoms with Crippen molar-refractivity contribution in [3.8, 4) is 0 Å². The topological polar surface area (TPSA) is 40.5 Å². The van der Waals surface area contributed by atoms with Crippen molar-refractivity contribution in [3.05, 3.63) is 35.9 Å². The summed E-state index contributed by atoms with van der Waals surface area (Å²) in [7, 11) is 0. The van der Waals surface area contributed by atoms with Gasteiger partial charge in [0.15, 0.2) is 0 Å². The lowest BCUT2D eigenvalue weighted by molar-refractivity contribution is -0.136. The van der Waals surface area contributed by atoms with E-state index in [1.165, 1.54) is 5.56 Å². The zero-order valence-corrected chi connectivity index (χ0v) is 11.2. The van der Waals surface area contributed by atoms with Gasteiger partial charge in [-0.3, -0.25) is 4.79 Å². The van der Waals surface area contributed by atoms with E-state index in [9.17, 15) is 9.90 Å². The molecule has 19 heavy (non-hydrogen) atoms. The average Bonchev–Trinajstić information content (AvgIpc) is 3.06. The molecule has 3 rings (SSSR count). The fourth-order valence-electron chi connectivity index (χ4n) is 3.11. The summed E-state index contributed by atoms with van der Waals surface area (Å²) in [5.41, 5.74) is 1.12. The summed E-state index contributed by atoms with van der Waals surface area (Å²) in [5.74, 6) is 0.601. The fraction of sp³-hybridized carbons (Fsp3) is 0.562. The summed E-state index contributed by atoms with van der Waals surface area (Å²) in [6.45, 7) is 1.77. The maximum absolute atomic E-state index is 12.6. The van der Waals surface area contributed by atoms with Gasteiger partial charge in [-0.1, -0.05) is 30.3 Å². The van der Waals surface area contributed by atoms with E-state index in [4.69, 9.17) is 0 Å². The Kier molecular flexibility index (Phi) is 3.31. The van der Waals surface area contributed by atoms with Crippen LogP contribution >= 0.6 is 0 Å². The molecule has 1 amide bonds. The second kappa shape index (κ2) is 4.97. The normalized spacial score (nSPS) is 24.5. The maximum atomic E-state index is 12.6. The minimum atomic E-state index is -0.133. The molecule has 1 aliphatic carbocycles. The molecule has 2 fully saturated rings. The van der Waals surface area contributed by atoms with E-state index in [0.29, 0.717) is 5.91 Å². The quantitative estimate of drug-likeness (QED) is 0.896. The third-order valence-corrected chi connectivity index (χ3v) is 4.52. The molecule has 3 heteroatoms. The number of nitrogens with zero attached hydrogens (tertiary/aromatic N) is 1. The van der Waals surface area contributed by atoms with Gasteiger partial charge in [0.05, 0.1) is 5.41 Å². The number of rotatable bonds is 4. The highest BCUT2D eigenvalue weighted by Crippen LogP contribution is 2.50. The SMILES string of the molecule is O=C(N1CC[C@@H](CO)C1)C1(Cc2ccccc2)CC1. The largest absolute Gasteiger partial charge is 0.396 e. The van der Waals surface area contributed by atoms with Crippen LogP contribution < -0.4 is 0 Å². The first-order chi connectivity index (χ1) is 9.23. The zero-order valence-electron chi connectivity index (χ0n) is 11.2. The Morgan fingerprint density at radius 1 is 1.32 bits per heavy atom. The molecule has 0 spiro atoms. The molecule has 3 nitrogen and oxygen atoms in total. The molecule has 1 aromatic rings. The van der Waals surface area contributed by atoms with Crippen LogP contribution in [0.15, 0.2) is 30.3 Å². The van der Waals surface area contributed by atoms with Crippen molar-refractivity contribution in [2.24, 2.45) is 11.3 Å². The molecule has 1 N–H and O–H groups in total. The van der Waals surface area contributed by atoms with Gasteiger partial charge in [0.1, 0.15) is 0 Å². The monoisotopic (exact) mass is 259 g/mol. The van der Waals surface area contributed by atoms with Gasteiger partial charge in [-0.25, -0.2) is 0 Å². The molecule has 2 aliphatic rings. The highest BCUT2D eigenvalue weighted by Gasteiger charge is 2.52. The number of carbonyl (C=O) groups excluding carboxylic acids is 1. The van der Waals surface area contributed by atoms with Gasteiger partial charge in [-0.15, -0.1) is 0 Å². The fourth-order valence-corrected chi connectivity index (χ4v) is 3.11. The van der Waals surface area contributed by atoms with Crippen LogP contribution in [0.4, 0.5) is 0 Å². The van der Waals surface area contributed by atoms with Crippen LogP contribution in [-0.4, -0.2) is 35.6 Å². The molecule has 1 saturated heterocycles. The summed E-state index contributed by atoms with van der Waals surface area (Å²) in [5, 5.41) is 9.18. The lowest BCUT2D eigenvalue weighted by Gasteiger charge is -2.23. The highest BCUT2D eigenvalue weighted by molar-refractivity contribution is 5.86. The number of likely N-dealkylation sites (tertiary alicyclic amines) is 1. The van der Waals surface area contributed by atoms with Crippen LogP contribution in [0.1, 0.15) is 24.8 Å². The first-order valence-electron chi connectivity index (χ1n) is 7.18. The number of amides is 1. The predicted molar refractivity (Wildman–Crippen MR) is 73.6 cm³/mol. The molecular formula is C16H21NO2. The Morgan fingerprint density at radius 3 is 2.63 bits per heavy atom. The third kappa shape index (κ3) is 2.52. The van der Waals surface area contributed by atoms with E-state index < -0.39 is 0 Å². The van der Waals surface area contributed by atoms with Gasteiger partial charge in [0.25, 0.3) is 0 Å². The Labute approximate surface area is 114 Å². The van der Waals surface area contributed by atoms with Crippen molar-refractivity contribution < 1.29 is 9.90 Å². The highest BCUT2D eigenvalue weighted by atomic mass is 16.3. The Balaban J connectivity index is 1.66. The zero-order chi connectivity index (χ0) is 13.3. The Bertz CT molecular complexity index is 453. The first-order valence-corrected chi connectivity index (χ1v) is 7.18. The van der Waals surface area contributed by atoms with Gasteiger partial charge in [0.2, 0.25) is 5.91 Å². The van der Waals surface area contributed by atoms with Crippen LogP contribution in [0.2, 0.25) is 0 Å². The van der Waals surface area contributed by atoms with Crippen molar-refractivity contribution in [2.45, 2.75) is 25.7 Å². The second-order valence-electron chi connectivity index (χ2n) is 6.03. The number of aliphatic hydroxyl groups is 1. The molecular weight excluding hydrogens is 238 g/mol. The van der Waals surface area contributed by atoms with Crippen molar-refractivity contribution in [1.29, 1.82) is 0 Å². The number of benzene rings is 1. The minimum Gasteiger partial charge on any atom is -0.396 e. The molecule has 1 heterocycles. The third-order valence-electron chi connectivity index (χ3n) is 4.52. The molecule has 0 unspecified atom stereocenters. The van der Waals surface area contributed by atoms with E-state index in [2.05, 4.69) is 12.1 Å². The summed E-state index contributed by atoms with van der Waals surface area (Å²) < 4.78 is 0. The van der Waals surface area contributed by atoms with E-state index in [1.54, 1.807) is 0 Å². The molecule has 0 aromatic heterocycles. The van der Waals surface area contributed by atoms with Crippen molar-refractivity contribution >= 4 is 5.91 Å². The van der Waals surface area contributed by atoms with Gasteiger partial charge in [-0.05, 0) is 31.2 Å². The van der Waals surface area contributed by atoms with Crippen LogP contribution in [0.5, 0.6) is 0 Å². The Hall–Kier alpha value is -1.35. The second-order valence-corrected chi connectivity index (χ2v) is 6.03. The van der Waals surface area contributed by atoms with Crippen molar-refractivity contribution in [1.82, 2.24) is 4.90 Å². The van der Waals surface area contributed by atoms with E-state index in [1.807, 2.05) is 23.1 Å². The molecule has 102 valence electrons. The van der Waals surface area contributed by atoms with E-state index >= 15 is 0 Å². The standard InChI is InChI=1S/C16H21NO2/c18-12-14-6-9-17(11-14)15(19)16(7-8-16)10-13-4-2-1-3-5-13/h1-5,14,18H,6-12H2/t14-/m1/s1. The molecule has 1 atom stereocenters. The summed E-state index contributed by atoms with van der Waals surface area (Å²) >= 11 is 0. The number of carbonyl (C=O) groups is 1. The maximum Gasteiger partial charge on any atom is 0.229 e. The molecule has 1 saturated carbocycles. The van der Waals surface area contributed by atoms with Crippen molar-refractivity contribution in [2.75, 3.05) is 19.7 Å². The summed E-state index contributed by atoms with van der Waals surface area (Å²) in [6.07, 6.45) is 3.85. The van der Waals surface area contributed by atoms with Gasteiger partial charge < -0.3 is 10.0 Å². The van der Waals surface area contributed by atoms with Gasteiger partial charge >= 0.3 is 0 Å². The number of hydrogen-bond acceptors (Lipinski definition) is 2. The van der Waals surface area contributed by atoms with E-state index in [0.717, 1.165) is 38.8 Å². The lowest BCUT2D eigenvalue weighted by atomic mass is 9.95. The molecule has 1 aromatic carbocycles. The van der Waals surface area contributed by atoms with E-state index in [-0.39, 0.29) is 17.9 Å². The van der Waals surface area contributed by atoms with Gasteiger partial charge in [0, 0.05) is 25.6 Å². The number of aliphatic hydroxyl groups excluding tert-OH is 1. The first kappa shape index (κ1) is 12.7. The van der Waals surface area contributed by atoms with Crippen LogP contribution in [-0.2, 0) is 11.2 Å². The van der Waals surface area contributed by atoms with Crippen LogP contribution in [0.25, 0.3) is 0 Å². The molecule has 0 radical (unpaired) electrons. The average molecular weight is 259 g/mol. The molecule has 0 bridgehead atoms. The van der Waals surface area contributed by atoms with Gasteiger partial charge in [-0.2, -0.15) is 0 Å². The smallest absolute Gasteiger partial charge is 0.229 e. The van der Waals surface area contributed by atoms with Crippen molar-refractivity contribution in [3.63, 3.8) is 0 Å². The Morgan fingerprint density at radius 2 is 2.05 bits per heavy atom. The summed E-state index contributed by atoms with van der Waals surface area (Å²) in [4.78, 5) is 14.6. The number of hydrogen-bond donors (Lipinski definition) is 1.